The van der Waals surface area contributed by atoms with Crippen LogP contribution < -0.4 is 5.32 Å². The van der Waals surface area contributed by atoms with Crippen molar-refractivity contribution in [3.63, 3.8) is 0 Å². The van der Waals surface area contributed by atoms with E-state index >= 15 is 0 Å². The van der Waals surface area contributed by atoms with Crippen LogP contribution in [-0.4, -0.2) is 19.9 Å². The number of rotatable bonds is 2. The number of anilines is 2. The lowest BCUT2D eigenvalue weighted by molar-refractivity contribution is 0.628. The van der Waals surface area contributed by atoms with Crippen molar-refractivity contribution >= 4 is 22.3 Å². The van der Waals surface area contributed by atoms with Crippen LogP contribution in [0.15, 0.2) is 29.2 Å². The predicted octanol–water partition coefficient (Wildman–Crippen LogP) is 3.36. The van der Waals surface area contributed by atoms with E-state index in [1.807, 2.05) is 13.8 Å². The molecule has 21 heavy (non-hydrogen) atoms. The zero-order valence-corrected chi connectivity index (χ0v) is 13.1. The van der Waals surface area contributed by atoms with E-state index in [4.69, 9.17) is 0 Å². The summed E-state index contributed by atoms with van der Waals surface area (Å²) in [5, 5.41) is 3.03. The van der Waals surface area contributed by atoms with Crippen molar-refractivity contribution in [2.75, 3.05) is 11.1 Å². The van der Waals surface area contributed by atoms with Crippen molar-refractivity contribution in [2.24, 2.45) is 0 Å². The summed E-state index contributed by atoms with van der Waals surface area (Å²) < 4.78 is 25.1. The second kappa shape index (κ2) is 6.76. The largest absolute Gasteiger partial charge is 0.339 e. The number of aromatic nitrogens is 2. The maximum absolute atomic E-state index is 13.2. The third-order valence-electron chi connectivity index (χ3n) is 2.89. The highest BCUT2D eigenvalue weighted by atomic mass is 32.2. The van der Waals surface area contributed by atoms with Gasteiger partial charge in [-0.2, -0.15) is 0 Å². The highest BCUT2D eigenvalue weighted by molar-refractivity contribution is 7.85. The van der Waals surface area contributed by atoms with E-state index in [9.17, 15) is 8.60 Å². The van der Waals surface area contributed by atoms with E-state index in [0.717, 1.165) is 5.69 Å². The molecule has 0 spiro atoms. The summed E-state index contributed by atoms with van der Waals surface area (Å²) in [6.45, 7) is 5.79. The molecule has 3 rings (SSSR count). The van der Waals surface area contributed by atoms with Crippen LogP contribution in [0.3, 0.4) is 0 Å². The fourth-order valence-electron chi connectivity index (χ4n) is 2.11. The van der Waals surface area contributed by atoms with E-state index in [0.29, 0.717) is 34.4 Å². The Hall–Kier alpha value is -1.82. The number of fused-ring (bicyclic) bond motifs is 1. The fourth-order valence-corrected chi connectivity index (χ4v) is 3.41. The Labute approximate surface area is 126 Å². The SMILES string of the molecule is CC.Cc1nc2c(c(Nc3cccc(F)c3)n1)S(=O)CC2. The monoisotopic (exact) mass is 307 g/mol. The Bertz CT molecular complexity index is 676. The van der Waals surface area contributed by atoms with Gasteiger partial charge in [-0.25, -0.2) is 14.4 Å². The third-order valence-corrected chi connectivity index (χ3v) is 4.35. The van der Waals surface area contributed by atoms with Gasteiger partial charge in [-0.15, -0.1) is 0 Å². The molecule has 112 valence electrons. The number of halogens is 1. The molecule has 6 heteroatoms. The van der Waals surface area contributed by atoms with E-state index in [1.54, 1.807) is 19.1 Å². The number of hydrogen-bond donors (Lipinski definition) is 1. The molecule has 1 aromatic heterocycles. The van der Waals surface area contributed by atoms with Gasteiger partial charge in [0.2, 0.25) is 0 Å². The van der Waals surface area contributed by atoms with Gasteiger partial charge in [-0.1, -0.05) is 19.9 Å². The zero-order chi connectivity index (χ0) is 15.4. The number of benzene rings is 1. The quantitative estimate of drug-likeness (QED) is 0.924. The predicted molar refractivity (Wildman–Crippen MR) is 82.8 cm³/mol. The average Bonchev–Trinajstić information content (AvgIpc) is 2.82. The van der Waals surface area contributed by atoms with Crippen molar-refractivity contribution in [1.82, 2.24) is 9.97 Å². The topological polar surface area (TPSA) is 54.9 Å². The highest BCUT2D eigenvalue weighted by Crippen LogP contribution is 2.29. The Kier molecular flexibility index (Phi) is 5.01. The molecule has 1 atom stereocenters. The van der Waals surface area contributed by atoms with Crippen molar-refractivity contribution < 1.29 is 8.60 Å². The lowest BCUT2D eigenvalue weighted by Gasteiger charge is -2.10. The summed E-state index contributed by atoms with van der Waals surface area (Å²) in [7, 11) is -1.08. The van der Waals surface area contributed by atoms with Gasteiger partial charge < -0.3 is 5.32 Å². The molecule has 0 saturated carbocycles. The van der Waals surface area contributed by atoms with Gasteiger partial charge in [0, 0.05) is 17.9 Å². The number of aryl methyl sites for hydroxylation is 2. The van der Waals surface area contributed by atoms with Crippen molar-refractivity contribution in [3.8, 4) is 0 Å². The van der Waals surface area contributed by atoms with Crippen LogP contribution in [0.1, 0.15) is 25.4 Å². The summed E-state index contributed by atoms with van der Waals surface area (Å²) in [5.41, 5.74) is 1.41. The standard InChI is InChI=1S/C13H12FN3OS.C2H6/c1-8-15-11-5-6-19(18)12(11)13(16-8)17-10-4-2-3-9(14)7-10;1-2/h2-4,7H,5-6H2,1H3,(H,15,16,17);1-2H3. The molecular weight excluding hydrogens is 289 g/mol. The molecule has 1 aliphatic heterocycles. The van der Waals surface area contributed by atoms with Gasteiger partial charge in [-0.3, -0.25) is 4.21 Å². The van der Waals surface area contributed by atoms with Crippen molar-refractivity contribution in [2.45, 2.75) is 32.1 Å². The highest BCUT2D eigenvalue weighted by Gasteiger charge is 2.25. The first-order chi connectivity index (χ1) is 10.1. The molecule has 1 aliphatic rings. The minimum Gasteiger partial charge on any atom is -0.339 e. The Morgan fingerprint density at radius 1 is 1.29 bits per heavy atom. The molecule has 0 aliphatic carbocycles. The number of nitrogens with one attached hydrogen (secondary N) is 1. The normalized spacial score (nSPS) is 15.9. The second-order valence-electron chi connectivity index (χ2n) is 4.33. The van der Waals surface area contributed by atoms with E-state index in [2.05, 4.69) is 15.3 Å². The average molecular weight is 307 g/mol. The van der Waals surface area contributed by atoms with Crippen LogP contribution in [0.25, 0.3) is 0 Å². The van der Waals surface area contributed by atoms with E-state index in [1.165, 1.54) is 12.1 Å². The van der Waals surface area contributed by atoms with E-state index < -0.39 is 10.8 Å². The molecule has 1 aromatic carbocycles. The maximum Gasteiger partial charge on any atom is 0.150 e. The Balaban J connectivity index is 0.000000774. The second-order valence-corrected chi connectivity index (χ2v) is 5.84. The van der Waals surface area contributed by atoms with Gasteiger partial charge >= 0.3 is 0 Å². The third kappa shape index (κ3) is 3.44. The van der Waals surface area contributed by atoms with Gasteiger partial charge in [0.25, 0.3) is 0 Å². The first kappa shape index (κ1) is 15.6. The molecule has 1 N–H and O–H groups in total. The van der Waals surface area contributed by atoms with Crippen LogP contribution in [0.4, 0.5) is 15.9 Å². The molecule has 4 nitrogen and oxygen atoms in total. The molecule has 2 aromatic rings. The Morgan fingerprint density at radius 3 is 2.76 bits per heavy atom. The lowest BCUT2D eigenvalue weighted by atomic mass is 10.3. The molecule has 1 unspecified atom stereocenters. The van der Waals surface area contributed by atoms with Crippen LogP contribution >= 0.6 is 0 Å². The summed E-state index contributed by atoms with van der Waals surface area (Å²) in [6, 6.07) is 6.11. The Morgan fingerprint density at radius 2 is 2.05 bits per heavy atom. The van der Waals surface area contributed by atoms with Crippen LogP contribution in [0.5, 0.6) is 0 Å². The molecule has 0 bridgehead atoms. The van der Waals surface area contributed by atoms with Gasteiger partial charge in [0.05, 0.1) is 16.5 Å². The van der Waals surface area contributed by atoms with Gasteiger partial charge in [0.15, 0.2) is 5.82 Å². The molecule has 2 heterocycles. The minimum atomic E-state index is -1.08. The summed E-state index contributed by atoms with van der Waals surface area (Å²) in [5.74, 6) is 1.39. The summed E-state index contributed by atoms with van der Waals surface area (Å²) in [4.78, 5) is 9.24. The molecule has 0 radical (unpaired) electrons. The number of hydrogen-bond acceptors (Lipinski definition) is 4. The smallest absolute Gasteiger partial charge is 0.150 e. The van der Waals surface area contributed by atoms with Crippen molar-refractivity contribution in [3.05, 3.63) is 41.6 Å². The lowest BCUT2D eigenvalue weighted by Crippen LogP contribution is -2.04. The summed E-state index contributed by atoms with van der Waals surface area (Å²) in [6.07, 6.45) is 0.698. The van der Waals surface area contributed by atoms with Crippen LogP contribution in [0.2, 0.25) is 0 Å². The first-order valence-electron chi connectivity index (χ1n) is 6.92. The van der Waals surface area contributed by atoms with Crippen LogP contribution in [-0.2, 0) is 17.2 Å². The molecule has 0 amide bonds. The molecular formula is C15H18FN3OS. The maximum atomic E-state index is 13.2. The van der Waals surface area contributed by atoms with Crippen LogP contribution in [0, 0.1) is 12.7 Å². The fraction of sp³-hybridized carbons (Fsp3) is 0.333. The minimum absolute atomic E-state index is 0.325. The summed E-state index contributed by atoms with van der Waals surface area (Å²) >= 11 is 0. The molecule has 0 saturated heterocycles. The van der Waals surface area contributed by atoms with E-state index in [-0.39, 0.29) is 5.82 Å². The first-order valence-corrected chi connectivity index (χ1v) is 8.24. The molecule has 0 fully saturated rings. The van der Waals surface area contributed by atoms with Crippen molar-refractivity contribution in [1.29, 1.82) is 0 Å². The number of nitrogens with zero attached hydrogens (tertiary/aromatic N) is 2. The zero-order valence-electron chi connectivity index (χ0n) is 12.3. The van der Waals surface area contributed by atoms with Gasteiger partial charge in [-0.05, 0) is 25.1 Å². The van der Waals surface area contributed by atoms with Gasteiger partial charge in [0.1, 0.15) is 16.5 Å².